The largest absolute Gasteiger partial charge is 0.471 e. The van der Waals surface area contributed by atoms with E-state index >= 15 is 0 Å². The van der Waals surface area contributed by atoms with E-state index in [4.69, 9.17) is 0 Å². The third kappa shape index (κ3) is 3.65. The molecular weight excluding hydrogens is 329 g/mol. The van der Waals surface area contributed by atoms with Gasteiger partial charge in [-0.25, -0.2) is 4.39 Å². The maximum atomic E-state index is 12.7. The van der Waals surface area contributed by atoms with Gasteiger partial charge in [-0.2, -0.15) is 13.2 Å². The first-order valence-electron chi connectivity index (χ1n) is 3.63. The highest BCUT2D eigenvalue weighted by Crippen LogP contribution is 2.20. The Hall–Kier alpha value is -0.860. The molecule has 82 valence electrons. The lowest BCUT2D eigenvalue weighted by Crippen LogP contribution is -2.29. The van der Waals surface area contributed by atoms with Crippen LogP contribution >= 0.6 is 22.6 Å². The summed E-state index contributed by atoms with van der Waals surface area (Å²) in [7, 11) is 0. The van der Waals surface area contributed by atoms with Crippen molar-refractivity contribution in [2.75, 3.05) is 5.32 Å². The van der Waals surface area contributed by atoms with Crippen molar-refractivity contribution >= 4 is 34.2 Å². The van der Waals surface area contributed by atoms with Crippen molar-refractivity contribution in [3.8, 4) is 0 Å². The minimum absolute atomic E-state index is 0.221. The molecule has 0 saturated heterocycles. The van der Waals surface area contributed by atoms with E-state index in [0.29, 0.717) is 3.57 Å². The van der Waals surface area contributed by atoms with Crippen molar-refractivity contribution in [3.63, 3.8) is 0 Å². The maximum absolute atomic E-state index is 12.7. The summed E-state index contributed by atoms with van der Waals surface area (Å²) in [6.07, 6.45) is -4.97. The van der Waals surface area contributed by atoms with Crippen LogP contribution in [0.1, 0.15) is 0 Å². The van der Waals surface area contributed by atoms with Gasteiger partial charge >= 0.3 is 12.1 Å². The number of alkyl halides is 3. The number of rotatable bonds is 1. The average Bonchev–Trinajstić information content (AvgIpc) is 1.99. The van der Waals surface area contributed by atoms with Gasteiger partial charge in [-0.05, 0) is 40.8 Å². The highest BCUT2D eigenvalue weighted by molar-refractivity contribution is 14.1. The van der Waals surface area contributed by atoms with Crippen molar-refractivity contribution < 1.29 is 22.4 Å². The van der Waals surface area contributed by atoms with Crippen LogP contribution in [0.3, 0.4) is 0 Å². The van der Waals surface area contributed by atoms with E-state index < -0.39 is 17.9 Å². The number of halogens is 5. The molecule has 15 heavy (non-hydrogen) atoms. The molecule has 0 heterocycles. The molecule has 1 rings (SSSR count). The van der Waals surface area contributed by atoms with Gasteiger partial charge in [0.15, 0.2) is 0 Å². The Bertz CT molecular complexity index is 370. The molecule has 1 aromatic carbocycles. The van der Waals surface area contributed by atoms with Crippen LogP contribution in [0, 0.1) is 9.39 Å². The van der Waals surface area contributed by atoms with Crippen molar-refractivity contribution in [2.24, 2.45) is 0 Å². The molecule has 2 nitrogen and oxygen atoms in total. The monoisotopic (exact) mass is 333 g/mol. The van der Waals surface area contributed by atoms with Crippen LogP contribution in [0.4, 0.5) is 23.2 Å². The molecule has 0 aliphatic carbocycles. The summed E-state index contributed by atoms with van der Waals surface area (Å²) in [5.74, 6) is -2.83. The summed E-state index contributed by atoms with van der Waals surface area (Å²) in [5.41, 5.74) is -0.221. The molecule has 0 aliphatic rings. The molecular formula is C8H4F4INO. The fourth-order valence-electron chi connectivity index (χ4n) is 0.828. The van der Waals surface area contributed by atoms with Crippen molar-refractivity contribution in [1.82, 2.24) is 0 Å². The molecule has 0 spiro atoms. The highest BCUT2D eigenvalue weighted by Gasteiger charge is 2.38. The number of carbonyl (C=O) groups excluding carboxylic acids is 1. The standard InChI is InChI=1S/C8H4F4INO/c9-4-1-5(13)3-6(2-4)14-7(15)8(10,11)12/h1-3H,(H,14,15). The van der Waals surface area contributed by atoms with Crippen molar-refractivity contribution in [2.45, 2.75) is 6.18 Å². The SMILES string of the molecule is O=C(Nc1cc(F)cc(I)c1)C(F)(F)F. The van der Waals surface area contributed by atoms with Crippen molar-refractivity contribution in [3.05, 3.63) is 27.6 Å². The number of anilines is 1. The van der Waals surface area contributed by atoms with E-state index in [0.717, 1.165) is 12.1 Å². The topological polar surface area (TPSA) is 29.1 Å². The van der Waals surface area contributed by atoms with Crippen LogP contribution in [0.15, 0.2) is 18.2 Å². The van der Waals surface area contributed by atoms with Crippen LogP contribution < -0.4 is 5.32 Å². The highest BCUT2D eigenvalue weighted by atomic mass is 127. The van der Waals surface area contributed by atoms with E-state index in [1.165, 1.54) is 6.07 Å². The predicted molar refractivity (Wildman–Crippen MR) is 53.8 cm³/mol. The minimum atomic E-state index is -4.97. The van der Waals surface area contributed by atoms with Gasteiger partial charge in [0.2, 0.25) is 0 Å². The fraction of sp³-hybridized carbons (Fsp3) is 0.125. The van der Waals surface area contributed by atoms with Crippen LogP contribution in [0.2, 0.25) is 0 Å². The number of hydrogen-bond acceptors (Lipinski definition) is 1. The van der Waals surface area contributed by atoms with E-state index in [9.17, 15) is 22.4 Å². The molecule has 0 fully saturated rings. The fourth-order valence-corrected chi connectivity index (χ4v) is 1.46. The van der Waals surface area contributed by atoms with Gasteiger partial charge in [0.05, 0.1) is 0 Å². The zero-order valence-corrected chi connectivity index (χ0v) is 9.19. The summed E-state index contributed by atoms with van der Waals surface area (Å²) < 4.78 is 48.6. The van der Waals surface area contributed by atoms with Gasteiger partial charge in [0.25, 0.3) is 0 Å². The Balaban J connectivity index is 2.86. The summed E-state index contributed by atoms with van der Waals surface area (Å²) in [6, 6.07) is 3.17. The third-order valence-electron chi connectivity index (χ3n) is 1.38. The molecule has 0 aromatic heterocycles. The van der Waals surface area contributed by atoms with Crippen molar-refractivity contribution in [1.29, 1.82) is 0 Å². The van der Waals surface area contributed by atoms with Gasteiger partial charge in [0, 0.05) is 9.26 Å². The van der Waals surface area contributed by atoms with E-state index in [2.05, 4.69) is 0 Å². The Labute approximate surface area is 95.8 Å². The zero-order valence-electron chi connectivity index (χ0n) is 7.03. The van der Waals surface area contributed by atoms with Gasteiger partial charge < -0.3 is 5.32 Å². The summed E-state index contributed by atoms with van der Waals surface area (Å²) >= 11 is 1.73. The van der Waals surface area contributed by atoms with E-state index in [1.54, 1.807) is 27.9 Å². The second-order valence-corrected chi connectivity index (χ2v) is 3.86. The smallest absolute Gasteiger partial charge is 0.318 e. The Morgan fingerprint density at radius 1 is 1.27 bits per heavy atom. The third-order valence-corrected chi connectivity index (χ3v) is 2.00. The maximum Gasteiger partial charge on any atom is 0.471 e. The molecule has 0 saturated carbocycles. The molecule has 0 aliphatic heterocycles. The quantitative estimate of drug-likeness (QED) is 0.621. The second-order valence-electron chi connectivity index (χ2n) is 2.61. The Kier molecular flexibility index (Phi) is 3.53. The first-order valence-corrected chi connectivity index (χ1v) is 4.71. The molecule has 7 heteroatoms. The lowest BCUT2D eigenvalue weighted by molar-refractivity contribution is -0.167. The lowest BCUT2D eigenvalue weighted by atomic mass is 10.3. The minimum Gasteiger partial charge on any atom is -0.318 e. The molecule has 1 N–H and O–H groups in total. The number of hydrogen-bond donors (Lipinski definition) is 1. The van der Waals surface area contributed by atoms with Crippen LogP contribution in [-0.4, -0.2) is 12.1 Å². The number of carbonyl (C=O) groups is 1. The van der Waals surface area contributed by atoms with Gasteiger partial charge in [-0.3, -0.25) is 4.79 Å². The normalized spacial score (nSPS) is 11.3. The first kappa shape index (κ1) is 12.2. The average molecular weight is 333 g/mol. The molecule has 0 unspecified atom stereocenters. The molecule has 0 radical (unpaired) electrons. The second kappa shape index (κ2) is 4.33. The summed E-state index contributed by atoms with van der Waals surface area (Å²) in [4.78, 5) is 10.5. The Morgan fingerprint density at radius 2 is 1.87 bits per heavy atom. The van der Waals surface area contributed by atoms with Gasteiger partial charge in [-0.1, -0.05) is 0 Å². The summed E-state index contributed by atoms with van der Waals surface area (Å²) in [6.45, 7) is 0. The molecule has 1 aromatic rings. The van der Waals surface area contributed by atoms with Crippen LogP contribution in [-0.2, 0) is 4.79 Å². The summed E-state index contributed by atoms with van der Waals surface area (Å²) in [5, 5.41) is 1.55. The number of amides is 1. The van der Waals surface area contributed by atoms with E-state index in [-0.39, 0.29) is 5.69 Å². The molecule has 0 bridgehead atoms. The van der Waals surface area contributed by atoms with Gasteiger partial charge in [0.1, 0.15) is 5.82 Å². The van der Waals surface area contributed by atoms with Crippen LogP contribution in [0.5, 0.6) is 0 Å². The number of nitrogens with one attached hydrogen (secondary N) is 1. The van der Waals surface area contributed by atoms with E-state index in [1.807, 2.05) is 0 Å². The molecule has 1 amide bonds. The van der Waals surface area contributed by atoms with Gasteiger partial charge in [-0.15, -0.1) is 0 Å². The first-order chi connectivity index (χ1) is 6.79. The van der Waals surface area contributed by atoms with Crippen LogP contribution in [0.25, 0.3) is 0 Å². The predicted octanol–water partition coefficient (Wildman–Crippen LogP) is 2.93. The zero-order chi connectivity index (χ0) is 11.6. The Morgan fingerprint density at radius 3 is 2.33 bits per heavy atom. The number of benzene rings is 1. The molecule has 0 atom stereocenters. The lowest BCUT2D eigenvalue weighted by Gasteiger charge is -2.08.